The molecule has 5 fully saturated rings. The van der Waals surface area contributed by atoms with Gasteiger partial charge in [0.05, 0.1) is 12.4 Å². The van der Waals surface area contributed by atoms with Crippen molar-refractivity contribution in [3.63, 3.8) is 0 Å². The number of nitrogens with one attached hydrogen (secondary N) is 1. The average molecular weight is 442 g/mol. The van der Waals surface area contributed by atoms with Gasteiger partial charge in [0.1, 0.15) is 12.4 Å². The maximum atomic E-state index is 13.2. The van der Waals surface area contributed by atoms with Gasteiger partial charge in [0, 0.05) is 19.1 Å². The lowest BCUT2D eigenvalue weighted by atomic mass is 9.44. The predicted molar refractivity (Wildman–Crippen MR) is 122 cm³/mol. The Morgan fingerprint density at radius 3 is 2.41 bits per heavy atom. The first-order valence-corrected chi connectivity index (χ1v) is 12.4. The number of carbonyl (C=O) groups excluding carboxylic acids is 1. The van der Waals surface area contributed by atoms with Crippen LogP contribution in [-0.4, -0.2) is 31.8 Å². The van der Waals surface area contributed by atoms with Crippen molar-refractivity contribution in [3.05, 3.63) is 41.7 Å². The monoisotopic (exact) mass is 441 g/mol. The minimum Gasteiger partial charge on any atom is -0.489 e. The summed E-state index contributed by atoms with van der Waals surface area (Å²) in [6, 6.07) is 8.79. The van der Waals surface area contributed by atoms with Crippen molar-refractivity contribution in [1.29, 1.82) is 0 Å². The normalized spacial score (nSPS) is 37.8. The van der Waals surface area contributed by atoms with Crippen molar-refractivity contribution >= 4 is 5.91 Å². The van der Waals surface area contributed by atoms with E-state index >= 15 is 0 Å². The molecule has 4 bridgehead atoms. The summed E-state index contributed by atoms with van der Waals surface area (Å²) in [6.45, 7) is 2.23. The third kappa shape index (κ3) is 3.98. The summed E-state index contributed by atoms with van der Waals surface area (Å²) in [7, 11) is 1.75. The Bertz CT molecular complexity index is 844. The third-order valence-corrected chi connectivity index (χ3v) is 8.85. The molecule has 0 heterocycles. The molecule has 1 aromatic carbocycles. The highest BCUT2D eigenvalue weighted by molar-refractivity contribution is 5.80. The van der Waals surface area contributed by atoms with Gasteiger partial charge in [0.2, 0.25) is 5.91 Å². The Morgan fingerprint density at radius 1 is 1.12 bits per heavy atom. The summed E-state index contributed by atoms with van der Waals surface area (Å²) < 4.78 is 23.9. The lowest BCUT2D eigenvalue weighted by Crippen LogP contribution is -2.58. The summed E-state index contributed by atoms with van der Waals surface area (Å²) in [5.74, 6) is 3.01. The minimum atomic E-state index is 0.184. The van der Waals surface area contributed by atoms with Crippen LogP contribution in [0.5, 0.6) is 5.75 Å². The fourth-order valence-electron chi connectivity index (χ4n) is 7.27. The molecule has 2 unspecified atom stereocenters. The number of rotatable bonds is 8. The van der Waals surface area contributed by atoms with Gasteiger partial charge in [-0.1, -0.05) is 19.1 Å². The van der Waals surface area contributed by atoms with Gasteiger partial charge in [-0.2, -0.15) is 0 Å². The zero-order valence-electron chi connectivity index (χ0n) is 19.3. The largest absolute Gasteiger partial charge is 0.489 e. The lowest BCUT2D eigenvalue weighted by Gasteiger charge is -2.60. The molecule has 174 valence electrons. The number of benzene rings is 1. The molecule has 1 N–H and O–H groups in total. The quantitative estimate of drug-likeness (QED) is 0.594. The number of methoxy groups -OCH3 is 1. The van der Waals surface area contributed by atoms with Crippen molar-refractivity contribution in [1.82, 2.24) is 5.32 Å². The number of hydrogen-bond donors (Lipinski definition) is 1. The van der Waals surface area contributed by atoms with E-state index in [9.17, 15) is 9.18 Å². The Hall–Kier alpha value is -1.88. The van der Waals surface area contributed by atoms with E-state index in [2.05, 4.69) is 17.4 Å². The van der Waals surface area contributed by atoms with Crippen LogP contribution >= 0.6 is 0 Å². The van der Waals surface area contributed by atoms with E-state index in [1.807, 2.05) is 19.1 Å². The SMILES string of the molecule is CC/C(=C\F)COc1ccc(C23CC4CC(C2)C(C(=O)NC2CC(OC)C2)C(C4)C3)cc1. The van der Waals surface area contributed by atoms with Crippen molar-refractivity contribution in [3.8, 4) is 5.75 Å². The first-order chi connectivity index (χ1) is 15.5. The fraction of sp³-hybridized carbons (Fsp3) is 0.667. The standard InChI is InChI=1S/C27H36FNO3/c1-3-17(15-28)16-32-23-6-4-21(5-7-23)27-12-18-8-19(13-27)25(20(9-18)14-27)26(30)29-22-10-24(11-22)31-2/h4-7,15,18-20,22,24-25H,3,8-14,16H2,1-2H3,(H,29,30)/b17-15+. The van der Waals surface area contributed by atoms with Gasteiger partial charge < -0.3 is 14.8 Å². The summed E-state index contributed by atoms with van der Waals surface area (Å²) in [6.07, 6.45) is 9.42. The maximum absolute atomic E-state index is 13.2. The third-order valence-electron chi connectivity index (χ3n) is 8.85. The molecule has 1 aromatic rings. The highest BCUT2D eigenvalue weighted by Crippen LogP contribution is 2.63. The Morgan fingerprint density at radius 2 is 1.81 bits per heavy atom. The van der Waals surface area contributed by atoms with Crippen LogP contribution in [0.15, 0.2) is 36.2 Å². The van der Waals surface area contributed by atoms with Gasteiger partial charge in [0.25, 0.3) is 0 Å². The molecule has 6 rings (SSSR count). The van der Waals surface area contributed by atoms with Crippen LogP contribution in [0.4, 0.5) is 4.39 Å². The summed E-state index contributed by atoms with van der Waals surface area (Å²) in [4.78, 5) is 13.2. The van der Waals surface area contributed by atoms with Crippen LogP contribution in [0.3, 0.4) is 0 Å². The molecule has 0 radical (unpaired) electrons. The fourth-order valence-corrected chi connectivity index (χ4v) is 7.27. The molecular weight excluding hydrogens is 405 g/mol. The first-order valence-electron chi connectivity index (χ1n) is 12.4. The zero-order valence-corrected chi connectivity index (χ0v) is 19.3. The average Bonchev–Trinajstić information content (AvgIpc) is 2.76. The molecule has 0 aliphatic heterocycles. The number of ether oxygens (including phenoxy) is 2. The number of halogens is 1. The van der Waals surface area contributed by atoms with Crippen LogP contribution in [-0.2, 0) is 14.9 Å². The van der Waals surface area contributed by atoms with E-state index in [1.165, 1.54) is 24.8 Å². The Labute approximate surface area is 190 Å². The molecule has 1 amide bonds. The summed E-state index contributed by atoms with van der Waals surface area (Å²) in [5, 5.41) is 3.33. The predicted octanol–water partition coefficient (Wildman–Crippen LogP) is 5.32. The second kappa shape index (κ2) is 8.81. The molecule has 5 aliphatic carbocycles. The second-order valence-corrected chi connectivity index (χ2v) is 10.7. The van der Waals surface area contributed by atoms with Gasteiger partial charge in [-0.3, -0.25) is 4.79 Å². The lowest BCUT2D eigenvalue weighted by molar-refractivity contribution is -0.142. The molecule has 0 spiro atoms. The molecule has 0 aromatic heterocycles. The summed E-state index contributed by atoms with van der Waals surface area (Å²) >= 11 is 0. The van der Waals surface area contributed by atoms with Gasteiger partial charge in [-0.05, 0) is 97.8 Å². The number of amides is 1. The smallest absolute Gasteiger partial charge is 0.223 e. The van der Waals surface area contributed by atoms with Crippen LogP contribution < -0.4 is 10.1 Å². The summed E-state index contributed by atoms with van der Waals surface area (Å²) in [5.41, 5.74) is 2.26. The van der Waals surface area contributed by atoms with Crippen LogP contribution in [0.25, 0.3) is 0 Å². The maximum Gasteiger partial charge on any atom is 0.223 e. The van der Waals surface area contributed by atoms with Gasteiger partial charge in [0.15, 0.2) is 0 Å². The van der Waals surface area contributed by atoms with Crippen molar-refractivity contribution in [2.24, 2.45) is 23.7 Å². The van der Waals surface area contributed by atoms with E-state index < -0.39 is 0 Å². The Kier molecular flexibility index (Phi) is 6.04. The molecule has 5 saturated carbocycles. The van der Waals surface area contributed by atoms with E-state index in [-0.39, 0.29) is 11.3 Å². The first kappa shape index (κ1) is 21.9. The molecule has 4 nitrogen and oxygen atoms in total. The van der Waals surface area contributed by atoms with E-state index in [1.54, 1.807) is 7.11 Å². The Balaban J connectivity index is 1.25. The van der Waals surface area contributed by atoms with Crippen molar-refractivity contribution in [2.45, 2.75) is 75.9 Å². The van der Waals surface area contributed by atoms with Crippen molar-refractivity contribution in [2.75, 3.05) is 13.7 Å². The second-order valence-electron chi connectivity index (χ2n) is 10.7. The zero-order chi connectivity index (χ0) is 22.3. The molecule has 32 heavy (non-hydrogen) atoms. The molecule has 5 heteroatoms. The van der Waals surface area contributed by atoms with Gasteiger partial charge >= 0.3 is 0 Å². The minimum absolute atomic E-state index is 0.184. The van der Waals surface area contributed by atoms with Crippen LogP contribution in [0, 0.1) is 23.7 Å². The van der Waals surface area contributed by atoms with Gasteiger partial charge in [-0.25, -0.2) is 4.39 Å². The van der Waals surface area contributed by atoms with Crippen LogP contribution in [0.2, 0.25) is 0 Å². The van der Waals surface area contributed by atoms with E-state index in [0.717, 1.165) is 37.4 Å². The number of carbonyl (C=O) groups is 1. The van der Waals surface area contributed by atoms with E-state index in [4.69, 9.17) is 9.47 Å². The van der Waals surface area contributed by atoms with Crippen molar-refractivity contribution < 1.29 is 18.7 Å². The highest BCUT2D eigenvalue weighted by Gasteiger charge is 2.57. The molecular formula is C27H36FNO3. The van der Waals surface area contributed by atoms with Crippen LogP contribution in [0.1, 0.15) is 63.9 Å². The number of hydrogen-bond acceptors (Lipinski definition) is 3. The van der Waals surface area contributed by atoms with Gasteiger partial charge in [-0.15, -0.1) is 0 Å². The topological polar surface area (TPSA) is 47.6 Å². The highest BCUT2D eigenvalue weighted by atomic mass is 19.1. The van der Waals surface area contributed by atoms with E-state index in [0.29, 0.717) is 54.8 Å². The molecule has 0 saturated heterocycles. The molecule has 2 atom stereocenters. The molecule has 5 aliphatic rings.